The summed E-state index contributed by atoms with van der Waals surface area (Å²) in [5.74, 6) is -2.39. The Balaban J connectivity index is 1.13. The van der Waals surface area contributed by atoms with E-state index < -0.39 is 18.1 Å². The van der Waals surface area contributed by atoms with E-state index in [1.807, 2.05) is 25.1 Å². The average Bonchev–Trinajstić information content (AvgIpc) is 3.35. The molecule has 5 heterocycles. The molecule has 7 rings (SSSR count). The van der Waals surface area contributed by atoms with Crippen LogP contribution in [0.1, 0.15) is 49.9 Å². The molecule has 3 fully saturated rings. The van der Waals surface area contributed by atoms with Gasteiger partial charge in [-0.1, -0.05) is 19.1 Å². The first kappa shape index (κ1) is 30.8. The Morgan fingerprint density at radius 2 is 1.87 bits per heavy atom. The van der Waals surface area contributed by atoms with Gasteiger partial charge in [-0.05, 0) is 71.8 Å². The highest BCUT2D eigenvalue weighted by Crippen LogP contribution is 2.59. The Bertz CT molecular complexity index is 1860. The molecule has 2 aliphatic heterocycles. The normalized spacial score (nSPS) is 24.0. The molecule has 2 N–H and O–H groups in total. The molecule has 2 unspecified atom stereocenters. The zero-order chi connectivity index (χ0) is 32.5. The minimum absolute atomic E-state index is 0.0831. The zero-order valence-corrected chi connectivity index (χ0v) is 27.1. The standard InChI is InChI=1S/C32H33BrF2N8O3/c1-17(44)28-22-8-19(21-11-36-18(2)37-12-21)4-6-23(22)42(40-28)14-27(45)43-24(9-31(3)10-25(31)43)30(46)39-29-20(5-7-26(33)38-29)13-41-15-32(34,35)16-41/h4-8,11-12,17,24-25,44H,9-10,13-16H2,1-3H3,(H,38,39,46)/t17?,24-,25?,31-/m0/s1. The van der Waals surface area contributed by atoms with Crippen LogP contribution in [0, 0.1) is 12.3 Å². The summed E-state index contributed by atoms with van der Waals surface area (Å²) in [4.78, 5) is 44.0. The number of hydrogen-bond donors (Lipinski definition) is 2. The molecule has 2 amide bonds. The fraction of sp³-hybridized carbons (Fsp3) is 0.438. The third-order valence-corrected chi connectivity index (χ3v) is 9.73. The van der Waals surface area contributed by atoms with Crippen LogP contribution in [0.5, 0.6) is 0 Å². The van der Waals surface area contributed by atoms with Crippen molar-refractivity contribution < 1.29 is 23.5 Å². The summed E-state index contributed by atoms with van der Waals surface area (Å²) < 4.78 is 29.0. The van der Waals surface area contributed by atoms with Crippen LogP contribution in [0.2, 0.25) is 0 Å². The second-order valence-electron chi connectivity index (χ2n) is 13.0. The number of fused-ring (bicyclic) bond motifs is 2. The third kappa shape index (κ3) is 5.66. The maximum absolute atomic E-state index is 14.0. The van der Waals surface area contributed by atoms with Crippen molar-refractivity contribution in [2.24, 2.45) is 5.41 Å². The molecule has 240 valence electrons. The maximum atomic E-state index is 14.0. The predicted octanol–water partition coefficient (Wildman–Crippen LogP) is 4.48. The van der Waals surface area contributed by atoms with Gasteiger partial charge in [-0.25, -0.2) is 23.7 Å². The molecule has 46 heavy (non-hydrogen) atoms. The Labute approximate surface area is 272 Å². The van der Waals surface area contributed by atoms with Gasteiger partial charge >= 0.3 is 0 Å². The van der Waals surface area contributed by atoms with Crippen LogP contribution < -0.4 is 5.32 Å². The summed E-state index contributed by atoms with van der Waals surface area (Å²) in [5.41, 5.74) is 3.24. The number of aliphatic hydroxyl groups is 1. The van der Waals surface area contributed by atoms with Crippen LogP contribution in [-0.4, -0.2) is 82.5 Å². The molecule has 0 bridgehead atoms. The van der Waals surface area contributed by atoms with Crippen molar-refractivity contribution in [3.63, 3.8) is 0 Å². The zero-order valence-electron chi connectivity index (χ0n) is 25.5. The average molecular weight is 696 g/mol. The van der Waals surface area contributed by atoms with E-state index in [0.29, 0.717) is 39.0 Å². The number of likely N-dealkylation sites (tertiary alicyclic amines) is 2. The number of anilines is 1. The van der Waals surface area contributed by atoms with Gasteiger partial charge in [0.25, 0.3) is 5.92 Å². The van der Waals surface area contributed by atoms with Gasteiger partial charge < -0.3 is 15.3 Å². The first-order chi connectivity index (χ1) is 21.8. The number of aryl methyl sites for hydroxylation is 1. The number of halogens is 3. The highest BCUT2D eigenvalue weighted by atomic mass is 79.9. The molecule has 3 aliphatic rings. The van der Waals surface area contributed by atoms with Crippen LogP contribution in [-0.2, 0) is 22.7 Å². The number of alkyl halides is 2. The Kier molecular flexibility index (Phi) is 7.44. The van der Waals surface area contributed by atoms with Crippen LogP contribution in [0.4, 0.5) is 14.6 Å². The van der Waals surface area contributed by atoms with Crippen molar-refractivity contribution in [1.29, 1.82) is 0 Å². The minimum atomic E-state index is -2.71. The molecule has 4 aromatic rings. The van der Waals surface area contributed by atoms with Gasteiger partial charge in [0.1, 0.15) is 28.8 Å². The van der Waals surface area contributed by atoms with E-state index in [0.717, 1.165) is 17.5 Å². The van der Waals surface area contributed by atoms with Gasteiger partial charge in [0, 0.05) is 41.5 Å². The molecule has 2 saturated heterocycles. The number of nitrogens with zero attached hydrogens (tertiary/aromatic N) is 7. The fourth-order valence-corrected chi connectivity index (χ4v) is 7.09. The summed E-state index contributed by atoms with van der Waals surface area (Å²) in [5, 5.41) is 18.8. The Morgan fingerprint density at radius 3 is 2.57 bits per heavy atom. The number of nitrogens with one attached hydrogen (secondary N) is 1. The first-order valence-electron chi connectivity index (χ1n) is 15.2. The number of benzene rings is 1. The smallest absolute Gasteiger partial charge is 0.272 e. The van der Waals surface area contributed by atoms with Crippen LogP contribution in [0.3, 0.4) is 0 Å². The molecule has 11 nitrogen and oxygen atoms in total. The Morgan fingerprint density at radius 1 is 1.13 bits per heavy atom. The highest BCUT2D eigenvalue weighted by molar-refractivity contribution is 9.10. The number of aromatic nitrogens is 5. The molecule has 1 saturated carbocycles. The minimum Gasteiger partial charge on any atom is -0.387 e. The largest absolute Gasteiger partial charge is 0.387 e. The SMILES string of the molecule is Cc1ncc(-c2ccc3c(c2)c(C(C)O)nn3CC(=O)N2C3C[C@]3(C)C[C@H]2C(=O)Nc2nc(Br)ccc2CN2CC(F)(F)C2)cn1. The van der Waals surface area contributed by atoms with Crippen molar-refractivity contribution in [1.82, 2.24) is 34.5 Å². The number of amides is 2. The van der Waals surface area contributed by atoms with E-state index in [9.17, 15) is 23.5 Å². The summed E-state index contributed by atoms with van der Waals surface area (Å²) in [6, 6.07) is 8.31. The van der Waals surface area contributed by atoms with Crippen molar-refractivity contribution in [2.45, 2.75) is 70.8 Å². The molecule has 3 aromatic heterocycles. The van der Waals surface area contributed by atoms with Gasteiger partial charge in [0.2, 0.25) is 11.8 Å². The van der Waals surface area contributed by atoms with Crippen molar-refractivity contribution in [3.8, 4) is 11.1 Å². The van der Waals surface area contributed by atoms with Crippen molar-refractivity contribution in [2.75, 3.05) is 18.4 Å². The number of carbonyl (C=O) groups is 2. The highest BCUT2D eigenvalue weighted by Gasteiger charge is 2.64. The van der Waals surface area contributed by atoms with E-state index in [1.165, 1.54) is 0 Å². The first-order valence-corrected chi connectivity index (χ1v) is 15.9. The van der Waals surface area contributed by atoms with Gasteiger partial charge in [-0.2, -0.15) is 5.10 Å². The van der Waals surface area contributed by atoms with Crippen LogP contribution >= 0.6 is 15.9 Å². The van der Waals surface area contributed by atoms with E-state index in [2.05, 4.69) is 48.2 Å². The van der Waals surface area contributed by atoms with Gasteiger partial charge in [0.05, 0.1) is 30.4 Å². The second-order valence-corrected chi connectivity index (χ2v) is 13.8. The van der Waals surface area contributed by atoms with E-state index >= 15 is 0 Å². The number of piperidine rings is 1. The molecule has 0 spiro atoms. The third-order valence-electron chi connectivity index (χ3n) is 9.29. The Hall–Kier alpha value is -3.88. The second kappa shape index (κ2) is 11.1. The van der Waals surface area contributed by atoms with Crippen molar-refractivity contribution in [3.05, 3.63) is 64.4 Å². The van der Waals surface area contributed by atoms with Gasteiger partial charge in [-0.15, -0.1) is 0 Å². The fourth-order valence-electron chi connectivity index (χ4n) is 6.79. The number of aliphatic hydroxyl groups excluding tert-OH is 1. The number of rotatable bonds is 8. The summed E-state index contributed by atoms with van der Waals surface area (Å²) in [6.07, 6.45) is 3.89. The monoisotopic (exact) mass is 694 g/mol. The number of carbonyl (C=O) groups excluding carboxylic acids is 2. The maximum Gasteiger partial charge on any atom is 0.272 e. The lowest BCUT2D eigenvalue weighted by molar-refractivity contribution is -0.138. The quantitative estimate of drug-likeness (QED) is 0.259. The van der Waals surface area contributed by atoms with Gasteiger partial charge in [-0.3, -0.25) is 19.2 Å². The van der Waals surface area contributed by atoms with Crippen LogP contribution in [0.15, 0.2) is 47.3 Å². The summed E-state index contributed by atoms with van der Waals surface area (Å²) >= 11 is 3.34. The molecule has 1 aromatic carbocycles. The van der Waals surface area contributed by atoms with E-state index in [4.69, 9.17) is 0 Å². The predicted molar refractivity (Wildman–Crippen MR) is 169 cm³/mol. The molecule has 0 radical (unpaired) electrons. The lowest BCUT2D eigenvalue weighted by atomic mass is 10.0. The molecule has 4 atom stereocenters. The topological polar surface area (TPSA) is 129 Å². The molecular weight excluding hydrogens is 662 g/mol. The lowest BCUT2D eigenvalue weighted by Crippen LogP contribution is -2.55. The molecule has 1 aliphatic carbocycles. The number of hydrogen-bond acceptors (Lipinski definition) is 8. The molecule has 14 heteroatoms. The van der Waals surface area contributed by atoms with Gasteiger partial charge in [0.15, 0.2) is 0 Å². The van der Waals surface area contributed by atoms with Crippen molar-refractivity contribution >= 4 is 44.5 Å². The van der Waals surface area contributed by atoms with E-state index in [1.54, 1.807) is 45.9 Å². The summed E-state index contributed by atoms with van der Waals surface area (Å²) in [6.45, 7) is 4.93. The number of pyridine rings is 1. The summed E-state index contributed by atoms with van der Waals surface area (Å²) in [7, 11) is 0. The molecular formula is C32H33BrF2N8O3. The lowest BCUT2D eigenvalue weighted by Gasteiger charge is -2.38. The van der Waals surface area contributed by atoms with Crippen LogP contribution in [0.25, 0.3) is 22.0 Å². The van der Waals surface area contributed by atoms with E-state index in [-0.39, 0.29) is 55.3 Å².